The summed E-state index contributed by atoms with van der Waals surface area (Å²) in [5.41, 5.74) is 0.620. The molecule has 0 atom stereocenters. The zero-order valence-corrected chi connectivity index (χ0v) is 16.4. The molecular weight excluding hydrogens is 358 g/mol. The van der Waals surface area contributed by atoms with Gasteiger partial charge in [-0.3, -0.25) is 14.2 Å². The maximum atomic E-state index is 12.6. The maximum absolute atomic E-state index is 12.6. The van der Waals surface area contributed by atoms with Crippen molar-refractivity contribution in [2.75, 3.05) is 5.75 Å². The largest absolute Gasteiger partial charge is 0.352 e. The van der Waals surface area contributed by atoms with E-state index in [1.807, 2.05) is 18.2 Å². The molecule has 4 bridgehead atoms. The first kappa shape index (κ1) is 17.3. The van der Waals surface area contributed by atoms with Gasteiger partial charge in [-0.1, -0.05) is 23.9 Å². The van der Waals surface area contributed by atoms with Gasteiger partial charge in [-0.25, -0.2) is 4.98 Å². The van der Waals surface area contributed by atoms with Gasteiger partial charge >= 0.3 is 0 Å². The number of benzene rings is 1. The highest BCUT2D eigenvalue weighted by Gasteiger charge is 2.48. The van der Waals surface area contributed by atoms with E-state index in [9.17, 15) is 9.59 Å². The van der Waals surface area contributed by atoms with Gasteiger partial charge in [0.1, 0.15) is 0 Å². The van der Waals surface area contributed by atoms with Gasteiger partial charge in [0.15, 0.2) is 5.16 Å². The van der Waals surface area contributed by atoms with Crippen LogP contribution in [0.5, 0.6) is 0 Å². The second-order valence-corrected chi connectivity index (χ2v) is 9.53. The van der Waals surface area contributed by atoms with Crippen molar-refractivity contribution in [3.8, 4) is 0 Å². The Morgan fingerprint density at radius 3 is 2.52 bits per heavy atom. The van der Waals surface area contributed by atoms with Crippen molar-refractivity contribution in [1.82, 2.24) is 14.9 Å². The van der Waals surface area contributed by atoms with Gasteiger partial charge in [-0.05, 0) is 67.9 Å². The smallest absolute Gasteiger partial charge is 0.261 e. The Kier molecular flexibility index (Phi) is 4.26. The van der Waals surface area contributed by atoms with E-state index in [1.165, 1.54) is 43.9 Å². The molecule has 4 saturated carbocycles. The number of amides is 1. The molecule has 4 fully saturated rings. The third-order valence-electron chi connectivity index (χ3n) is 6.83. The maximum Gasteiger partial charge on any atom is 0.261 e. The van der Waals surface area contributed by atoms with Gasteiger partial charge in [0.2, 0.25) is 5.91 Å². The number of hydrogen-bond acceptors (Lipinski definition) is 4. The van der Waals surface area contributed by atoms with Crippen LogP contribution in [0.4, 0.5) is 0 Å². The number of nitrogens with zero attached hydrogens (tertiary/aromatic N) is 2. The van der Waals surface area contributed by atoms with Crippen LogP contribution in [0.25, 0.3) is 10.9 Å². The standard InChI is InChI=1S/C21H25N3O2S/c1-24-20(26)16-4-2-3-5-17(16)22-21(24)27-11-18(25)23-19-14-7-12-6-13(9-14)10-15(19)8-12/h2-5,12-15,19H,6-11H2,1H3,(H,23,25). The molecule has 1 heterocycles. The Hall–Kier alpha value is -1.82. The number of rotatable bonds is 4. The van der Waals surface area contributed by atoms with Crippen LogP contribution in [0, 0.1) is 23.7 Å². The summed E-state index contributed by atoms with van der Waals surface area (Å²) in [7, 11) is 1.72. The number of thioether (sulfide) groups is 1. The highest BCUT2D eigenvalue weighted by molar-refractivity contribution is 7.99. The summed E-state index contributed by atoms with van der Waals surface area (Å²) in [6.45, 7) is 0. The fourth-order valence-corrected chi connectivity index (χ4v) is 6.63. The van der Waals surface area contributed by atoms with Crippen LogP contribution in [0.1, 0.15) is 32.1 Å². The summed E-state index contributed by atoms with van der Waals surface area (Å²) in [5.74, 6) is 3.55. The average molecular weight is 384 g/mol. The van der Waals surface area contributed by atoms with Crippen LogP contribution in [0.2, 0.25) is 0 Å². The lowest BCUT2D eigenvalue weighted by molar-refractivity contribution is -0.122. The quantitative estimate of drug-likeness (QED) is 0.651. The van der Waals surface area contributed by atoms with E-state index in [1.54, 1.807) is 17.7 Å². The van der Waals surface area contributed by atoms with Gasteiger partial charge in [-0.2, -0.15) is 0 Å². The summed E-state index contributed by atoms with van der Waals surface area (Å²) in [6.07, 6.45) is 6.61. The van der Waals surface area contributed by atoms with Gasteiger partial charge < -0.3 is 5.32 Å². The van der Waals surface area contributed by atoms with Crippen molar-refractivity contribution in [3.05, 3.63) is 34.6 Å². The molecule has 0 radical (unpaired) electrons. The molecular formula is C21H25N3O2S. The van der Waals surface area contributed by atoms with Crippen LogP contribution in [-0.4, -0.2) is 27.3 Å². The van der Waals surface area contributed by atoms with Crippen LogP contribution < -0.4 is 10.9 Å². The molecule has 1 aromatic heterocycles. The van der Waals surface area contributed by atoms with E-state index in [0.717, 1.165) is 11.8 Å². The van der Waals surface area contributed by atoms with E-state index < -0.39 is 0 Å². The summed E-state index contributed by atoms with van der Waals surface area (Å²) >= 11 is 1.35. The molecule has 6 rings (SSSR count). The van der Waals surface area contributed by atoms with Crippen molar-refractivity contribution < 1.29 is 4.79 Å². The molecule has 0 unspecified atom stereocenters. The Labute approximate surface area is 162 Å². The minimum Gasteiger partial charge on any atom is -0.352 e. The zero-order valence-electron chi connectivity index (χ0n) is 15.6. The lowest BCUT2D eigenvalue weighted by Gasteiger charge is -2.54. The highest BCUT2D eigenvalue weighted by atomic mass is 32.2. The third kappa shape index (κ3) is 3.08. The van der Waals surface area contributed by atoms with E-state index in [0.29, 0.717) is 39.7 Å². The predicted octanol–water partition coefficient (Wildman–Crippen LogP) is 2.97. The van der Waals surface area contributed by atoms with Crippen LogP contribution in [0.3, 0.4) is 0 Å². The molecule has 4 aliphatic carbocycles. The number of carbonyl (C=O) groups is 1. The second-order valence-electron chi connectivity index (χ2n) is 8.59. The number of aromatic nitrogens is 2. The summed E-state index contributed by atoms with van der Waals surface area (Å²) in [4.78, 5) is 29.7. The Bertz CT molecular complexity index is 926. The summed E-state index contributed by atoms with van der Waals surface area (Å²) in [6, 6.07) is 7.71. The highest BCUT2D eigenvalue weighted by Crippen LogP contribution is 2.53. The van der Waals surface area contributed by atoms with Gasteiger partial charge in [0, 0.05) is 13.1 Å². The lowest BCUT2D eigenvalue weighted by Crippen LogP contribution is -2.56. The van der Waals surface area contributed by atoms with Gasteiger partial charge in [0.25, 0.3) is 5.56 Å². The zero-order chi connectivity index (χ0) is 18.5. The molecule has 1 aromatic carbocycles. The molecule has 0 aliphatic heterocycles. The van der Waals surface area contributed by atoms with Crippen molar-refractivity contribution >= 4 is 28.6 Å². The van der Waals surface area contributed by atoms with E-state index in [2.05, 4.69) is 10.3 Å². The fourth-order valence-electron chi connectivity index (χ4n) is 5.85. The predicted molar refractivity (Wildman–Crippen MR) is 107 cm³/mol. The molecule has 27 heavy (non-hydrogen) atoms. The number of fused-ring (bicyclic) bond motifs is 1. The molecule has 0 saturated heterocycles. The Morgan fingerprint density at radius 2 is 1.81 bits per heavy atom. The Balaban J connectivity index is 1.27. The first-order chi connectivity index (χ1) is 13.1. The molecule has 1 amide bonds. The molecule has 5 nitrogen and oxygen atoms in total. The first-order valence-electron chi connectivity index (χ1n) is 9.96. The van der Waals surface area contributed by atoms with Crippen molar-refractivity contribution in [1.29, 1.82) is 0 Å². The number of hydrogen-bond donors (Lipinski definition) is 1. The molecule has 4 aliphatic rings. The molecule has 2 aromatic rings. The van der Waals surface area contributed by atoms with Crippen LogP contribution in [0.15, 0.2) is 34.2 Å². The van der Waals surface area contributed by atoms with Gasteiger partial charge in [-0.15, -0.1) is 0 Å². The molecule has 142 valence electrons. The lowest BCUT2D eigenvalue weighted by atomic mass is 9.54. The van der Waals surface area contributed by atoms with Crippen molar-refractivity contribution in [2.24, 2.45) is 30.7 Å². The van der Waals surface area contributed by atoms with Gasteiger partial charge in [0.05, 0.1) is 16.7 Å². The molecule has 0 spiro atoms. The SMILES string of the molecule is Cn1c(SCC(=O)NC2C3CC4CC(C3)CC2C4)nc2ccccc2c1=O. The number of nitrogens with one attached hydrogen (secondary N) is 1. The first-order valence-corrected chi connectivity index (χ1v) is 10.9. The van der Waals surface area contributed by atoms with E-state index >= 15 is 0 Å². The average Bonchev–Trinajstić information content (AvgIpc) is 2.66. The Morgan fingerprint density at radius 1 is 1.15 bits per heavy atom. The molecule has 6 heteroatoms. The normalized spacial score (nSPS) is 31.4. The monoisotopic (exact) mass is 383 g/mol. The minimum absolute atomic E-state index is 0.0652. The number of para-hydroxylation sites is 1. The second kappa shape index (κ2) is 6.66. The van der Waals surface area contributed by atoms with Crippen molar-refractivity contribution in [3.63, 3.8) is 0 Å². The van der Waals surface area contributed by atoms with E-state index in [4.69, 9.17) is 0 Å². The topological polar surface area (TPSA) is 64.0 Å². The third-order valence-corrected chi connectivity index (χ3v) is 7.86. The van der Waals surface area contributed by atoms with E-state index in [-0.39, 0.29) is 11.5 Å². The summed E-state index contributed by atoms with van der Waals surface area (Å²) < 4.78 is 1.54. The van der Waals surface area contributed by atoms with Crippen molar-refractivity contribution in [2.45, 2.75) is 43.3 Å². The minimum atomic E-state index is -0.0652. The molecule has 1 N–H and O–H groups in total. The summed E-state index contributed by atoms with van der Waals surface area (Å²) in [5, 5.41) is 4.54. The number of carbonyl (C=O) groups excluding carboxylic acids is 1. The van der Waals surface area contributed by atoms with Crippen LogP contribution in [-0.2, 0) is 11.8 Å². The van der Waals surface area contributed by atoms with Crippen LogP contribution >= 0.6 is 11.8 Å². The fraction of sp³-hybridized carbons (Fsp3) is 0.571.